The van der Waals surface area contributed by atoms with Gasteiger partial charge in [0.05, 0.1) is 28.6 Å². The molecule has 252 valence electrons. The zero-order chi connectivity index (χ0) is 35.1. The molecule has 17 nitrogen and oxygen atoms in total. The third-order valence-corrected chi connectivity index (χ3v) is 7.76. The van der Waals surface area contributed by atoms with Crippen molar-refractivity contribution in [3.05, 3.63) is 109 Å². The van der Waals surface area contributed by atoms with Crippen molar-refractivity contribution >= 4 is 23.1 Å². The van der Waals surface area contributed by atoms with Gasteiger partial charge < -0.3 is 44.1 Å². The normalized spacial score (nSPS) is 19.3. The average Bonchev–Trinajstić information content (AvgIpc) is 3.07. The summed E-state index contributed by atoms with van der Waals surface area (Å²) in [7, 11) is 1.32. The number of benzene rings is 4. The van der Waals surface area contributed by atoms with Crippen molar-refractivity contribution in [2.45, 2.75) is 24.4 Å². The SMILES string of the molecule is COc1cc(C2Oc3cc(C4Oc5cc(O)cc(O)c5C(=O)C4O)ccc3OC2COC(=O)c2cc([N+](=O)[O-])cc([N+](=O)[O-])c2)ccc1O. The molecule has 49 heavy (non-hydrogen) atoms. The second-order valence-electron chi connectivity index (χ2n) is 10.9. The quantitative estimate of drug-likeness (QED) is 0.117. The maximum atomic E-state index is 13.0. The van der Waals surface area contributed by atoms with E-state index in [1.54, 1.807) is 0 Å². The highest BCUT2D eigenvalue weighted by molar-refractivity contribution is 6.05. The van der Waals surface area contributed by atoms with Crippen molar-refractivity contribution in [3.63, 3.8) is 0 Å². The first-order chi connectivity index (χ1) is 23.3. The standard InChI is InChI=1S/C32H24N2O15/c1-45-23-8-14(2-4-20(23)36)30-26(13-46-32(40)16-6-17(33(41)42)10-18(7-16)34(43)44)47-22-5-3-15(9-24(22)48-30)31-29(39)28(38)27-21(37)11-19(35)12-25(27)49-31/h2-12,26,29-31,35-37,39H,13H2,1H3. The first-order valence-electron chi connectivity index (χ1n) is 14.2. The topological polar surface area (TPSA) is 247 Å². The van der Waals surface area contributed by atoms with E-state index in [4.69, 9.17) is 23.7 Å². The van der Waals surface area contributed by atoms with Crippen LogP contribution in [-0.2, 0) is 4.74 Å². The van der Waals surface area contributed by atoms with Crippen molar-refractivity contribution in [1.82, 2.24) is 0 Å². The number of phenols is 3. The molecule has 0 fully saturated rings. The molecule has 2 heterocycles. The van der Waals surface area contributed by atoms with Crippen LogP contribution in [0.25, 0.3) is 0 Å². The molecule has 4 aromatic carbocycles. The van der Waals surface area contributed by atoms with E-state index < -0.39 is 75.3 Å². The molecule has 17 heteroatoms. The summed E-state index contributed by atoms with van der Waals surface area (Å²) in [6, 6.07) is 13.0. The molecule has 0 saturated carbocycles. The number of aliphatic hydroxyl groups excluding tert-OH is 1. The van der Waals surface area contributed by atoms with Crippen LogP contribution in [0.4, 0.5) is 11.4 Å². The molecular formula is C32H24N2O15. The van der Waals surface area contributed by atoms with Gasteiger partial charge in [-0.25, -0.2) is 4.79 Å². The summed E-state index contributed by atoms with van der Waals surface area (Å²) in [6.07, 6.45) is -5.21. The van der Waals surface area contributed by atoms with E-state index in [2.05, 4.69) is 0 Å². The van der Waals surface area contributed by atoms with Gasteiger partial charge in [0.2, 0.25) is 5.78 Å². The number of aliphatic hydroxyl groups is 1. The largest absolute Gasteiger partial charge is 0.508 e. The Kier molecular flexibility index (Phi) is 8.27. The first-order valence-corrected chi connectivity index (χ1v) is 14.2. The van der Waals surface area contributed by atoms with Gasteiger partial charge in [0.25, 0.3) is 11.4 Å². The average molecular weight is 677 g/mol. The molecule has 2 aliphatic rings. The number of non-ortho nitro benzene ring substituents is 2. The highest BCUT2D eigenvalue weighted by Gasteiger charge is 2.41. The van der Waals surface area contributed by atoms with E-state index in [0.717, 1.165) is 24.3 Å². The Labute approximate surface area is 274 Å². The minimum Gasteiger partial charge on any atom is -0.508 e. The van der Waals surface area contributed by atoms with Crippen LogP contribution in [0.1, 0.15) is 44.1 Å². The van der Waals surface area contributed by atoms with Gasteiger partial charge in [-0.3, -0.25) is 25.0 Å². The van der Waals surface area contributed by atoms with Crippen molar-refractivity contribution in [2.24, 2.45) is 0 Å². The van der Waals surface area contributed by atoms with E-state index in [9.17, 15) is 50.2 Å². The number of esters is 1. The van der Waals surface area contributed by atoms with Crippen LogP contribution in [0.2, 0.25) is 0 Å². The number of nitro benzene ring substituents is 2. The smallest absolute Gasteiger partial charge is 0.338 e. The number of fused-ring (bicyclic) bond motifs is 2. The molecule has 0 bridgehead atoms. The van der Waals surface area contributed by atoms with Gasteiger partial charge in [-0.1, -0.05) is 12.1 Å². The number of hydrogen-bond acceptors (Lipinski definition) is 15. The first kappa shape index (κ1) is 32.3. The zero-order valence-corrected chi connectivity index (χ0v) is 25.0. The summed E-state index contributed by atoms with van der Waals surface area (Å²) in [6.45, 7) is -0.521. The Morgan fingerprint density at radius 2 is 1.45 bits per heavy atom. The summed E-state index contributed by atoms with van der Waals surface area (Å²) in [5.41, 5.74) is -1.50. The maximum Gasteiger partial charge on any atom is 0.338 e. The van der Waals surface area contributed by atoms with E-state index >= 15 is 0 Å². The van der Waals surface area contributed by atoms with Gasteiger partial charge in [0.15, 0.2) is 47.4 Å². The van der Waals surface area contributed by atoms with E-state index in [0.29, 0.717) is 11.6 Å². The van der Waals surface area contributed by atoms with Crippen molar-refractivity contribution in [2.75, 3.05) is 13.7 Å². The number of carbonyl (C=O) groups is 2. The lowest BCUT2D eigenvalue weighted by atomic mass is 9.92. The monoisotopic (exact) mass is 676 g/mol. The van der Waals surface area contributed by atoms with Crippen LogP contribution in [0.3, 0.4) is 0 Å². The minimum atomic E-state index is -1.75. The number of phenolic OH excluding ortho intramolecular Hbond substituents is 3. The van der Waals surface area contributed by atoms with Crippen molar-refractivity contribution in [3.8, 4) is 40.2 Å². The fourth-order valence-corrected chi connectivity index (χ4v) is 5.43. The zero-order valence-electron chi connectivity index (χ0n) is 25.0. The Bertz CT molecular complexity index is 2000. The summed E-state index contributed by atoms with van der Waals surface area (Å²) in [5.74, 6) is -2.95. The lowest BCUT2D eigenvalue weighted by Crippen LogP contribution is -2.38. The Morgan fingerprint density at radius 3 is 2.12 bits per heavy atom. The molecular weight excluding hydrogens is 652 g/mol. The van der Waals surface area contributed by atoms with E-state index in [-0.39, 0.29) is 45.6 Å². The summed E-state index contributed by atoms with van der Waals surface area (Å²) in [4.78, 5) is 46.7. The molecule has 0 radical (unpaired) electrons. The summed E-state index contributed by atoms with van der Waals surface area (Å²) < 4.78 is 28.8. The van der Waals surface area contributed by atoms with Gasteiger partial charge in [-0.15, -0.1) is 0 Å². The van der Waals surface area contributed by atoms with E-state index in [1.807, 2.05) is 0 Å². The van der Waals surface area contributed by atoms with Crippen molar-refractivity contribution in [1.29, 1.82) is 0 Å². The van der Waals surface area contributed by atoms with Gasteiger partial charge in [-0.05, 0) is 29.8 Å². The maximum absolute atomic E-state index is 13.0. The highest BCUT2D eigenvalue weighted by atomic mass is 16.6. The molecule has 0 saturated heterocycles. The molecule has 4 N–H and O–H groups in total. The molecule has 0 amide bonds. The second kappa shape index (κ2) is 12.5. The van der Waals surface area contributed by atoms with Gasteiger partial charge in [0.1, 0.15) is 29.4 Å². The fraction of sp³-hybridized carbons (Fsp3) is 0.188. The lowest BCUT2D eigenvalue weighted by molar-refractivity contribution is -0.394. The Balaban J connectivity index is 1.31. The number of hydrogen-bond donors (Lipinski definition) is 4. The molecule has 4 unspecified atom stereocenters. The van der Waals surface area contributed by atoms with Crippen LogP contribution < -0.4 is 18.9 Å². The lowest BCUT2D eigenvalue weighted by Gasteiger charge is -2.35. The highest BCUT2D eigenvalue weighted by Crippen LogP contribution is 2.46. The Morgan fingerprint density at radius 1 is 0.796 bits per heavy atom. The number of ether oxygens (including phenoxy) is 5. The van der Waals surface area contributed by atoms with Gasteiger partial charge in [-0.2, -0.15) is 0 Å². The molecule has 4 atom stereocenters. The summed E-state index contributed by atoms with van der Waals surface area (Å²) in [5, 5.41) is 63.6. The van der Waals surface area contributed by atoms with Crippen LogP contribution in [-0.4, -0.2) is 67.9 Å². The number of Topliss-reactive ketones (excluding diaryl/α,β-unsaturated/α-hetero) is 1. The molecule has 6 rings (SSSR count). The number of rotatable bonds is 8. The minimum absolute atomic E-state index is 0.0720. The van der Waals surface area contributed by atoms with E-state index in [1.165, 1.54) is 43.5 Å². The number of aromatic hydroxyl groups is 3. The number of carbonyl (C=O) groups excluding carboxylic acids is 2. The predicted octanol–water partition coefficient (Wildman–Crippen LogP) is 4.04. The Hall–Kier alpha value is -6.62. The third-order valence-electron chi connectivity index (χ3n) is 7.76. The molecule has 0 aromatic heterocycles. The number of methoxy groups -OCH3 is 1. The van der Waals surface area contributed by atoms with Gasteiger partial charge in [0, 0.05) is 29.8 Å². The summed E-state index contributed by atoms with van der Waals surface area (Å²) >= 11 is 0. The van der Waals surface area contributed by atoms with Crippen LogP contribution in [0.15, 0.2) is 66.7 Å². The van der Waals surface area contributed by atoms with Crippen LogP contribution in [0.5, 0.6) is 40.2 Å². The third kappa shape index (κ3) is 6.12. The second-order valence-corrected chi connectivity index (χ2v) is 10.9. The molecule has 0 aliphatic carbocycles. The molecule has 2 aliphatic heterocycles. The number of nitrogens with zero attached hydrogens (tertiary/aromatic N) is 2. The predicted molar refractivity (Wildman–Crippen MR) is 162 cm³/mol. The van der Waals surface area contributed by atoms with Crippen molar-refractivity contribution < 1.29 is 63.5 Å². The van der Waals surface area contributed by atoms with Crippen LogP contribution in [0, 0.1) is 20.2 Å². The van der Waals surface area contributed by atoms with Gasteiger partial charge >= 0.3 is 5.97 Å². The number of ketones is 1. The van der Waals surface area contributed by atoms with Crippen LogP contribution >= 0.6 is 0 Å². The molecule has 4 aromatic rings. The number of nitro groups is 2. The fourth-order valence-electron chi connectivity index (χ4n) is 5.43. The molecule has 0 spiro atoms.